The van der Waals surface area contributed by atoms with Gasteiger partial charge in [-0.3, -0.25) is 4.79 Å². The SMILES string of the molecule is O=C(c1cccs1)N1CCC(O)(c2ccccc2)CC1. The first-order valence-electron chi connectivity index (χ1n) is 6.80. The van der Waals surface area contributed by atoms with Gasteiger partial charge in [0.1, 0.15) is 0 Å². The smallest absolute Gasteiger partial charge is 0.263 e. The van der Waals surface area contributed by atoms with Crippen LogP contribution in [0.4, 0.5) is 0 Å². The lowest BCUT2D eigenvalue weighted by atomic mass is 9.84. The molecule has 0 spiro atoms. The molecule has 2 heterocycles. The van der Waals surface area contributed by atoms with Crippen molar-refractivity contribution in [3.8, 4) is 0 Å². The Morgan fingerprint density at radius 3 is 2.40 bits per heavy atom. The molecule has 3 rings (SSSR count). The van der Waals surface area contributed by atoms with E-state index in [-0.39, 0.29) is 5.91 Å². The lowest BCUT2D eigenvalue weighted by Gasteiger charge is -2.38. The summed E-state index contributed by atoms with van der Waals surface area (Å²) in [6, 6.07) is 13.5. The van der Waals surface area contributed by atoms with Crippen LogP contribution in [0.1, 0.15) is 28.1 Å². The molecule has 1 aliphatic rings. The summed E-state index contributed by atoms with van der Waals surface area (Å²) < 4.78 is 0. The van der Waals surface area contributed by atoms with Gasteiger partial charge < -0.3 is 10.0 Å². The zero-order valence-electron chi connectivity index (χ0n) is 11.2. The van der Waals surface area contributed by atoms with Crippen LogP contribution >= 0.6 is 11.3 Å². The van der Waals surface area contributed by atoms with Crippen molar-refractivity contribution in [2.45, 2.75) is 18.4 Å². The Hall–Kier alpha value is -1.65. The molecule has 1 saturated heterocycles. The fourth-order valence-electron chi connectivity index (χ4n) is 2.67. The second-order valence-corrected chi connectivity index (χ2v) is 6.11. The first kappa shape index (κ1) is 13.3. The molecule has 1 N–H and O–H groups in total. The molecule has 0 radical (unpaired) electrons. The lowest BCUT2D eigenvalue weighted by Crippen LogP contribution is -2.45. The van der Waals surface area contributed by atoms with Gasteiger partial charge in [0.25, 0.3) is 5.91 Å². The van der Waals surface area contributed by atoms with E-state index in [0.29, 0.717) is 25.9 Å². The number of aliphatic hydroxyl groups is 1. The summed E-state index contributed by atoms with van der Waals surface area (Å²) in [4.78, 5) is 14.9. The van der Waals surface area contributed by atoms with Gasteiger partial charge in [-0.2, -0.15) is 0 Å². The molecule has 1 aromatic carbocycles. The average molecular weight is 287 g/mol. The minimum absolute atomic E-state index is 0.0788. The Bertz CT molecular complexity index is 572. The fourth-order valence-corrected chi connectivity index (χ4v) is 3.36. The summed E-state index contributed by atoms with van der Waals surface area (Å²) >= 11 is 1.47. The third-order valence-corrected chi connectivity index (χ3v) is 4.78. The predicted molar refractivity (Wildman–Crippen MR) is 79.8 cm³/mol. The normalized spacial score (nSPS) is 17.9. The van der Waals surface area contributed by atoms with Gasteiger partial charge in [0, 0.05) is 13.1 Å². The van der Waals surface area contributed by atoms with E-state index in [1.807, 2.05) is 52.7 Å². The Morgan fingerprint density at radius 2 is 1.80 bits per heavy atom. The van der Waals surface area contributed by atoms with Gasteiger partial charge in [0.05, 0.1) is 10.5 Å². The third-order valence-electron chi connectivity index (χ3n) is 3.92. The Kier molecular flexibility index (Phi) is 3.59. The van der Waals surface area contributed by atoms with Gasteiger partial charge in [-0.25, -0.2) is 0 Å². The van der Waals surface area contributed by atoms with Crippen molar-refractivity contribution in [2.24, 2.45) is 0 Å². The summed E-state index contributed by atoms with van der Waals surface area (Å²) in [6.45, 7) is 1.20. The summed E-state index contributed by atoms with van der Waals surface area (Å²) in [7, 11) is 0. The highest BCUT2D eigenvalue weighted by atomic mass is 32.1. The van der Waals surface area contributed by atoms with Gasteiger partial charge in [-0.15, -0.1) is 11.3 Å². The molecule has 0 unspecified atom stereocenters. The fraction of sp³-hybridized carbons (Fsp3) is 0.312. The molecule has 1 amide bonds. The van der Waals surface area contributed by atoms with E-state index >= 15 is 0 Å². The van der Waals surface area contributed by atoms with Crippen LogP contribution in [0.25, 0.3) is 0 Å². The number of nitrogens with zero attached hydrogens (tertiary/aromatic N) is 1. The van der Waals surface area contributed by atoms with E-state index in [9.17, 15) is 9.90 Å². The van der Waals surface area contributed by atoms with Gasteiger partial charge in [-0.1, -0.05) is 36.4 Å². The Labute approximate surface area is 122 Å². The number of likely N-dealkylation sites (tertiary alicyclic amines) is 1. The standard InChI is InChI=1S/C16H17NO2S/c18-15(14-7-4-12-20-14)17-10-8-16(19,9-11-17)13-5-2-1-3-6-13/h1-7,12,19H,8-11H2. The first-order chi connectivity index (χ1) is 9.69. The zero-order chi connectivity index (χ0) is 14.0. The van der Waals surface area contributed by atoms with Crippen LogP contribution in [0.5, 0.6) is 0 Å². The molecule has 1 fully saturated rings. The minimum atomic E-state index is -0.798. The monoisotopic (exact) mass is 287 g/mol. The van der Waals surface area contributed by atoms with Crippen molar-refractivity contribution in [3.05, 3.63) is 58.3 Å². The summed E-state index contributed by atoms with van der Waals surface area (Å²) in [5.41, 5.74) is 0.149. The molecule has 3 nitrogen and oxygen atoms in total. The van der Waals surface area contributed by atoms with Crippen LogP contribution in [0.3, 0.4) is 0 Å². The van der Waals surface area contributed by atoms with E-state index in [2.05, 4.69) is 0 Å². The highest BCUT2D eigenvalue weighted by Gasteiger charge is 2.35. The van der Waals surface area contributed by atoms with Crippen molar-refractivity contribution in [2.75, 3.05) is 13.1 Å². The summed E-state index contributed by atoms with van der Waals surface area (Å²) in [5.74, 6) is 0.0788. The molecular weight excluding hydrogens is 270 g/mol. The molecule has 1 aliphatic heterocycles. The largest absolute Gasteiger partial charge is 0.385 e. The second kappa shape index (κ2) is 5.38. The number of carbonyl (C=O) groups excluding carboxylic acids is 1. The van der Waals surface area contributed by atoms with Crippen LogP contribution in [-0.4, -0.2) is 29.0 Å². The molecule has 0 saturated carbocycles. The van der Waals surface area contributed by atoms with Crippen molar-refractivity contribution in [1.82, 2.24) is 4.90 Å². The summed E-state index contributed by atoms with van der Waals surface area (Å²) in [5, 5.41) is 12.7. The van der Waals surface area contributed by atoms with Crippen molar-refractivity contribution in [3.63, 3.8) is 0 Å². The lowest BCUT2D eigenvalue weighted by molar-refractivity contribution is -0.0210. The third kappa shape index (κ3) is 2.49. The van der Waals surface area contributed by atoms with Gasteiger partial charge >= 0.3 is 0 Å². The second-order valence-electron chi connectivity index (χ2n) is 5.17. The number of benzene rings is 1. The quantitative estimate of drug-likeness (QED) is 0.922. The molecule has 0 aliphatic carbocycles. The van der Waals surface area contributed by atoms with E-state index < -0.39 is 5.60 Å². The highest BCUT2D eigenvalue weighted by Crippen LogP contribution is 2.33. The number of rotatable bonds is 2. The van der Waals surface area contributed by atoms with Crippen molar-refractivity contribution in [1.29, 1.82) is 0 Å². The Balaban J connectivity index is 1.69. The molecule has 1 aromatic heterocycles. The van der Waals surface area contributed by atoms with Gasteiger partial charge in [0.2, 0.25) is 0 Å². The van der Waals surface area contributed by atoms with Crippen LogP contribution in [0.15, 0.2) is 47.8 Å². The van der Waals surface area contributed by atoms with Crippen LogP contribution in [-0.2, 0) is 5.60 Å². The molecule has 104 valence electrons. The predicted octanol–water partition coefficient (Wildman–Crippen LogP) is 2.87. The van der Waals surface area contributed by atoms with Crippen molar-refractivity contribution < 1.29 is 9.90 Å². The topological polar surface area (TPSA) is 40.5 Å². The van der Waals surface area contributed by atoms with Crippen LogP contribution in [0, 0.1) is 0 Å². The highest BCUT2D eigenvalue weighted by molar-refractivity contribution is 7.12. The van der Waals surface area contributed by atoms with Crippen molar-refractivity contribution >= 4 is 17.2 Å². The maximum Gasteiger partial charge on any atom is 0.263 e. The maximum absolute atomic E-state index is 12.3. The molecule has 20 heavy (non-hydrogen) atoms. The number of thiophene rings is 1. The zero-order valence-corrected chi connectivity index (χ0v) is 12.0. The van der Waals surface area contributed by atoms with E-state index in [1.165, 1.54) is 11.3 Å². The maximum atomic E-state index is 12.3. The minimum Gasteiger partial charge on any atom is -0.385 e. The molecule has 0 atom stereocenters. The molecule has 2 aromatic rings. The van der Waals surface area contributed by atoms with E-state index in [0.717, 1.165) is 10.4 Å². The number of hydrogen-bond acceptors (Lipinski definition) is 3. The van der Waals surface area contributed by atoms with Crippen LogP contribution < -0.4 is 0 Å². The Morgan fingerprint density at radius 1 is 1.10 bits per heavy atom. The van der Waals surface area contributed by atoms with E-state index in [4.69, 9.17) is 0 Å². The summed E-state index contributed by atoms with van der Waals surface area (Å²) in [6.07, 6.45) is 1.18. The average Bonchev–Trinajstić information content (AvgIpc) is 3.02. The molecular formula is C16H17NO2S. The molecule has 4 heteroatoms. The molecule has 0 bridgehead atoms. The van der Waals surface area contributed by atoms with Gasteiger partial charge in [-0.05, 0) is 29.9 Å². The number of amides is 1. The number of piperidine rings is 1. The first-order valence-corrected chi connectivity index (χ1v) is 7.68. The van der Waals surface area contributed by atoms with Gasteiger partial charge in [0.15, 0.2) is 0 Å². The number of hydrogen-bond donors (Lipinski definition) is 1. The van der Waals surface area contributed by atoms with Crippen LogP contribution in [0.2, 0.25) is 0 Å². The van der Waals surface area contributed by atoms with E-state index in [1.54, 1.807) is 0 Å². The number of carbonyl (C=O) groups is 1.